The van der Waals surface area contributed by atoms with Crippen LogP contribution in [0.15, 0.2) is 18.5 Å². The van der Waals surface area contributed by atoms with Gasteiger partial charge in [0.25, 0.3) is 0 Å². The van der Waals surface area contributed by atoms with Crippen molar-refractivity contribution in [2.75, 3.05) is 11.9 Å². The Morgan fingerprint density at radius 2 is 2.15 bits per heavy atom. The summed E-state index contributed by atoms with van der Waals surface area (Å²) in [5.74, 6) is -0.820. The van der Waals surface area contributed by atoms with E-state index in [1.165, 1.54) is 16.9 Å². The van der Waals surface area contributed by atoms with Crippen LogP contribution in [-0.4, -0.2) is 67.6 Å². The van der Waals surface area contributed by atoms with Crippen molar-refractivity contribution in [3.8, 4) is 6.07 Å². The fourth-order valence-electron chi connectivity index (χ4n) is 3.69. The van der Waals surface area contributed by atoms with Crippen LogP contribution in [0.3, 0.4) is 0 Å². The van der Waals surface area contributed by atoms with Gasteiger partial charge in [0.2, 0.25) is 11.5 Å². The fraction of sp³-hybridized carbons (Fsp3) is 0.591. The van der Waals surface area contributed by atoms with Crippen LogP contribution in [0.5, 0.6) is 0 Å². The van der Waals surface area contributed by atoms with Crippen LogP contribution in [0.1, 0.15) is 45.7 Å². The number of unbranched alkanes of at least 4 members (excludes halogenated alkanes) is 1. The Labute approximate surface area is 196 Å². The average Bonchev–Trinajstić information content (AvgIpc) is 3.36. The van der Waals surface area contributed by atoms with Crippen molar-refractivity contribution >= 4 is 23.2 Å². The third-order valence-electron chi connectivity index (χ3n) is 5.85. The Hall–Kier alpha value is -3.11. The monoisotopic (exact) mass is 474 g/mol. The summed E-state index contributed by atoms with van der Waals surface area (Å²) in [6.45, 7) is 5.10. The van der Waals surface area contributed by atoms with E-state index in [1.54, 1.807) is 19.9 Å². The van der Waals surface area contributed by atoms with E-state index in [1.807, 2.05) is 13.0 Å². The summed E-state index contributed by atoms with van der Waals surface area (Å²) < 4.78 is 12.3. The molecule has 0 aromatic carbocycles. The number of amides is 1. The molecule has 1 fully saturated rings. The number of fused-ring (bicyclic) bond motifs is 1. The van der Waals surface area contributed by atoms with Gasteiger partial charge in [0, 0.05) is 6.42 Å². The molecule has 1 saturated heterocycles. The quantitative estimate of drug-likeness (QED) is 0.366. The van der Waals surface area contributed by atoms with Gasteiger partial charge in [-0.2, -0.15) is 10.4 Å². The van der Waals surface area contributed by atoms with Gasteiger partial charge in [-0.1, -0.05) is 27.2 Å². The van der Waals surface area contributed by atoms with Gasteiger partial charge < -0.3 is 30.7 Å². The number of aliphatic hydroxyl groups excluding tert-OH is 2. The first-order valence-corrected chi connectivity index (χ1v) is 11.2. The molecule has 2 aromatic heterocycles. The number of carbonyl (C=O) groups is 2. The number of rotatable bonds is 9. The average molecular weight is 475 g/mol. The smallest absolute Gasteiger partial charge is 0.323 e. The molecule has 0 bridgehead atoms. The number of aromatic nitrogens is 3. The topological polar surface area (TPSA) is 185 Å². The van der Waals surface area contributed by atoms with Crippen molar-refractivity contribution in [1.82, 2.24) is 14.6 Å². The summed E-state index contributed by atoms with van der Waals surface area (Å²) in [5.41, 5.74) is 4.26. The van der Waals surface area contributed by atoms with Gasteiger partial charge >= 0.3 is 5.97 Å². The normalized spacial score (nSPS) is 25.3. The lowest BCUT2D eigenvalue weighted by Gasteiger charge is -2.24. The van der Waals surface area contributed by atoms with Gasteiger partial charge in [0.05, 0.1) is 5.69 Å². The first-order valence-electron chi connectivity index (χ1n) is 11.2. The van der Waals surface area contributed by atoms with Crippen LogP contribution in [0.4, 0.5) is 5.82 Å². The van der Waals surface area contributed by atoms with Crippen LogP contribution < -0.4 is 11.1 Å². The van der Waals surface area contributed by atoms with Crippen molar-refractivity contribution in [2.24, 2.45) is 11.7 Å². The molecule has 1 aliphatic heterocycles. The van der Waals surface area contributed by atoms with Gasteiger partial charge in [-0.05, 0) is 24.5 Å². The Bertz CT molecular complexity index is 1080. The molecule has 0 saturated carbocycles. The molecule has 12 heteroatoms. The lowest BCUT2D eigenvalue weighted by molar-refractivity contribution is -0.153. The fourth-order valence-corrected chi connectivity index (χ4v) is 3.69. The minimum Gasteiger partial charge on any atom is -0.462 e. The highest BCUT2D eigenvalue weighted by Gasteiger charge is 2.57. The number of aliphatic hydroxyl groups is 2. The van der Waals surface area contributed by atoms with Crippen molar-refractivity contribution in [3.05, 3.63) is 24.2 Å². The van der Waals surface area contributed by atoms with Crippen molar-refractivity contribution in [3.63, 3.8) is 0 Å². The minimum absolute atomic E-state index is 0.121. The standard InChI is InChI=1S/C22H30N6O6/c1-4-5-6-16(29)27-20-13-7-8-15(28(13)26-11-25-20)22(10-23)19(31)18(30)14(34-22)9-33-21(32)17(24)12(2)3/h7-8,11-12,14,17-19,30-31H,4-6,9,24H2,1-3H3,(H,25,26,27,29)/t14-,17?,18-,19-,22+/m1/s1. The molecule has 1 aliphatic rings. The zero-order valence-electron chi connectivity index (χ0n) is 19.3. The summed E-state index contributed by atoms with van der Waals surface area (Å²) in [5, 5.41) is 38.2. The van der Waals surface area contributed by atoms with E-state index in [2.05, 4.69) is 15.4 Å². The van der Waals surface area contributed by atoms with Crippen LogP contribution >= 0.6 is 0 Å². The van der Waals surface area contributed by atoms with Gasteiger partial charge in [0.1, 0.15) is 48.9 Å². The predicted molar refractivity (Wildman–Crippen MR) is 119 cm³/mol. The molecule has 0 spiro atoms. The van der Waals surface area contributed by atoms with E-state index >= 15 is 0 Å². The molecule has 2 aromatic rings. The van der Waals surface area contributed by atoms with Crippen LogP contribution in [-0.2, 0) is 24.7 Å². The lowest BCUT2D eigenvalue weighted by atomic mass is 9.92. The molecule has 12 nitrogen and oxygen atoms in total. The van der Waals surface area contributed by atoms with Crippen molar-refractivity contribution < 1.29 is 29.3 Å². The van der Waals surface area contributed by atoms with E-state index in [0.717, 1.165) is 12.8 Å². The molecule has 184 valence electrons. The summed E-state index contributed by atoms with van der Waals surface area (Å²) in [7, 11) is 0. The number of nitrogens with zero attached hydrogens (tertiary/aromatic N) is 4. The van der Waals surface area contributed by atoms with Gasteiger partial charge in [0.15, 0.2) is 5.82 Å². The molecule has 0 radical (unpaired) electrons. The van der Waals surface area contributed by atoms with E-state index in [4.69, 9.17) is 15.2 Å². The maximum Gasteiger partial charge on any atom is 0.323 e. The van der Waals surface area contributed by atoms with Crippen LogP contribution in [0.2, 0.25) is 0 Å². The Kier molecular flexibility index (Phi) is 7.83. The Morgan fingerprint density at radius 1 is 1.41 bits per heavy atom. The summed E-state index contributed by atoms with van der Waals surface area (Å²) >= 11 is 0. The van der Waals surface area contributed by atoms with Crippen LogP contribution in [0.25, 0.3) is 5.52 Å². The first kappa shape index (κ1) is 25.5. The Morgan fingerprint density at radius 3 is 2.79 bits per heavy atom. The van der Waals surface area contributed by atoms with Gasteiger partial charge in [-0.25, -0.2) is 9.50 Å². The molecular weight excluding hydrogens is 444 g/mol. The molecule has 3 rings (SSSR count). The number of carbonyl (C=O) groups excluding carboxylic acids is 2. The molecular formula is C22H30N6O6. The number of anilines is 1. The molecule has 1 amide bonds. The highest BCUT2D eigenvalue weighted by molar-refractivity contribution is 5.93. The molecule has 5 N–H and O–H groups in total. The Balaban J connectivity index is 1.86. The van der Waals surface area contributed by atoms with Crippen molar-refractivity contribution in [2.45, 2.75) is 70.0 Å². The number of hydrogen-bond donors (Lipinski definition) is 4. The number of nitrogens with two attached hydrogens (primary N) is 1. The third-order valence-corrected chi connectivity index (χ3v) is 5.85. The maximum absolute atomic E-state index is 12.2. The largest absolute Gasteiger partial charge is 0.462 e. The number of ether oxygens (including phenoxy) is 2. The zero-order valence-corrected chi connectivity index (χ0v) is 19.3. The summed E-state index contributed by atoms with van der Waals surface area (Å²) in [6, 6.07) is 4.14. The number of esters is 1. The van der Waals surface area contributed by atoms with Crippen LogP contribution in [0, 0.1) is 17.2 Å². The minimum atomic E-state index is -2.01. The zero-order chi connectivity index (χ0) is 25.0. The lowest BCUT2D eigenvalue weighted by Crippen LogP contribution is -2.41. The highest BCUT2D eigenvalue weighted by atomic mass is 16.6. The second kappa shape index (κ2) is 10.4. The van der Waals surface area contributed by atoms with E-state index in [0.29, 0.717) is 11.9 Å². The number of nitrogens with one attached hydrogen (secondary N) is 1. The second-order valence-corrected chi connectivity index (χ2v) is 8.62. The molecule has 5 atom stereocenters. The van der Waals surface area contributed by atoms with Gasteiger partial charge in [-0.15, -0.1) is 0 Å². The van der Waals surface area contributed by atoms with E-state index in [9.17, 15) is 25.1 Å². The maximum atomic E-state index is 12.2. The summed E-state index contributed by atoms with van der Waals surface area (Å²) in [6.07, 6.45) is -1.26. The summed E-state index contributed by atoms with van der Waals surface area (Å²) in [4.78, 5) is 28.4. The molecule has 0 aliphatic carbocycles. The molecule has 34 heavy (non-hydrogen) atoms. The van der Waals surface area contributed by atoms with E-state index < -0.39 is 42.5 Å². The molecule has 1 unspecified atom stereocenters. The third kappa shape index (κ3) is 4.74. The second-order valence-electron chi connectivity index (χ2n) is 8.62. The first-order chi connectivity index (χ1) is 16.2. The van der Waals surface area contributed by atoms with Crippen molar-refractivity contribution in [1.29, 1.82) is 5.26 Å². The van der Waals surface area contributed by atoms with Gasteiger partial charge in [-0.3, -0.25) is 9.59 Å². The predicted octanol–water partition coefficient (Wildman–Crippen LogP) is 0.224. The van der Waals surface area contributed by atoms with E-state index in [-0.39, 0.29) is 23.3 Å². The molecule has 3 heterocycles. The highest BCUT2D eigenvalue weighted by Crippen LogP contribution is 2.40. The number of hydrogen-bond acceptors (Lipinski definition) is 10. The number of nitriles is 1. The SMILES string of the molecule is CCCCC(=O)Nc1ncnn2c([C@]3(C#N)O[C@H](COC(=O)C(N)C(C)C)[C@@H](O)[C@H]3O)ccc12.